The van der Waals surface area contributed by atoms with Crippen molar-refractivity contribution in [3.05, 3.63) is 70.6 Å². The molecule has 1 aliphatic carbocycles. The van der Waals surface area contributed by atoms with Gasteiger partial charge in [-0.05, 0) is 22.9 Å². The second-order valence-electron chi connectivity index (χ2n) is 4.92. The van der Waals surface area contributed by atoms with E-state index in [-0.39, 0.29) is 5.41 Å². The quantitative estimate of drug-likeness (QED) is 0.646. The molecule has 0 amide bonds. The van der Waals surface area contributed by atoms with Gasteiger partial charge in [-0.25, -0.2) is 0 Å². The van der Waals surface area contributed by atoms with Crippen LogP contribution < -0.4 is 10.4 Å². The van der Waals surface area contributed by atoms with Crippen LogP contribution in [-0.2, 0) is 5.41 Å². The third-order valence-corrected chi connectivity index (χ3v) is 5.54. The number of hydrogen-bond acceptors (Lipinski definition) is 0. The number of rotatable bonds is 1. The van der Waals surface area contributed by atoms with Crippen LogP contribution >= 0.6 is 0 Å². The van der Waals surface area contributed by atoms with Crippen LogP contribution in [0.1, 0.15) is 12.5 Å². The summed E-state index contributed by atoms with van der Waals surface area (Å²) in [5, 5.41) is 4.42. The molecule has 1 heteroatoms. The van der Waals surface area contributed by atoms with E-state index in [1.54, 1.807) is 5.20 Å². The maximum Gasteiger partial charge on any atom is 0.0356 e. The SMILES string of the molecule is CC1(c2ccccc2)C=c2ccccc2=C1[SiH3]. The van der Waals surface area contributed by atoms with Gasteiger partial charge in [0.25, 0.3) is 0 Å². The molecule has 0 heterocycles. The van der Waals surface area contributed by atoms with Crippen molar-refractivity contribution >= 4 is 21.5 Å². The van der Waals surface area contributed by atoms with Gasteiger partial charge in [0.05, 0.1) is 0 Å². The van der Waals surface area contributed by atoms with E-state index >= 15 is 0 Å². The zero-order valence-electron chi connectivity index (χ0n) is 10.3. The maximum absolute atomic E-state index is 2.42. The Bertz CT molecular complexity index is 670. The Balaban J connectivity index is 2.30. The van der Waals surface area contributed by atoms with Crippen LogP contribution in [0.5, 0.6) is 0 Å². The van der Waals surface area contributed by atoms with Crippen LogP contribution in [-0.4, -0.2) is 10.2 Å². The third-order valence-electron chi connectivity index (χ3n) is 3.96. The molecule has 2 aromatic carbocycles. The largest absolute Gasteiger partial charge is 0.0704 e. The van der Waals surface area contributed by atoms with Crippen LogP contribution in [0, 0.1) is 0 Å². The summed E-state index contributed by atoms with van der Waals surface area (Å²) in [6.45, 7) is 2.34. The molecule has 1 unspecified atom stereocenters. The minimum atomic E-state index is 0.108. The lowest BCUT2D eigenvalue weighted by Crippen LogP contribution is -2.24. The van der Waals surface area contributed by atoms with Crippen LogP contribution in [0.2, 0.25) is 0 Å². The minimum Gasteiger partial charge on any atom is -0.0704 e. The zero-order chi connectivity index (χ0) is 11.9. The average molecular weight is 236 g/mol. The summed E-state index contributed by atoms with van der Waals surface area (Å²) in [7, 11) is 1.11. The molecule has 84 valence electrons. The molecule has 2 aromatic rings. The van der Waals surface area contributed by atoms with Gasteiger partial charge in [0.1, 0.15) is 0 Å². The van der Waals surface area contributed by atoms with Gasteiger partial charge in [0.2, 0.25) is 0 Å². The fourth-order valence-corrected chi connectivity index (χ4v) is 3.64. The molecular formula is C16H16Si. The Morgan fingerprint density at radius 1 is 0.882 bits per heavy atom. The molecule has 0 nitrogen and oxygen atoms in total. The van der Waals surface area contributed by atoms with Crippen molar-refractivity contribution in [3.8, 4) is 0 Å². The Kier molecular flexibility index (Phi) is 2.30. The van der Waals surface area contributed by atoms with Crippen molar-refractivity contribution in [2.75, 3.05) is 0 Å². The van der Waals surface area contributed by atoms with Gasteiger partial charge in [-0.1, -0.05) is 65.9 Å². The van der Waals surface area contributed by atoms with Crippen LogP contribution in [0.3, 0.4) is 0 Å². The topological polar surface area (TPSA) is 0 Å². The van der Waals surface area contributed by atoms with Gasteiger partial charge in [-0.2, -0.15) is 0 Å². The van der Waals surface area contributed by atoms with Gasteiger partial charge < -0.3 is 0 Å². The fraction of sp³-hybridized carbons (Fsp3) is 0.125. The van der Waals surface area contributed by atoms with Crippen molar-refractivity contribution in [3.63, 3.8) is 0 Å². The summed E-state index contributed by atoms with van der Waals surface area (Å²) >= 11 is 0. The lowest BCUT2D eigenvalue weighted by molar-refractivity contribution is 0.852. The first kappa shape index (κ1) is 10.5. The smallest absolute Gasteiger partial charge is 0.0356 e. The molecule has 0 radical (unpaired) electrons. The number of hydrogen-bond donors (Lipinski definition) is 0. The molecule has 0 saturated heterocycles. The van der Waals surface area contributed by atoms with E-state index in [4.69, 9.17) is 0 Å². The van der Waals surface area contributed by atoms with E-state index < -0.39 is 0 Å². The molecule has 1 aliphatic rings. The van der Waals surface area contributed by atoms with Crippen LogP contribution in [0.25, 0.3) is 11.3 Å². The van der Waals surface area contributed by atoms with Gasteiger partial charge in [0.15, 0.2) is 0 Å². The molecular weight excluding hydrogens is 220 g/mol. The predicted molar refractivity (Wildman–Crippen MR) is 77.3 cm³/mol. The van der Waals surface area contributed by atoms with Crippen LogP contribution in [0.4, 0.5) is 0 Å². The summed E-state index contributed by atoms with van der Waals surface area (Å²) in [6, 6.07) is 19.6. The standard InChI is InChI=1S/C16H16Si/c1-16(13-8-3-2-4-9-13)11-12-7-5-6-10-14(12)15(16)17/h2-11H,1,17H3. The minimum absolute atomic E-state index is 0.108. The summed E-state index contributed by atoms with van der Waals surface area (Å²) in [5.74, 6) is 0. The molecule has 1 atom stereocenters. The van der Waals surface area contributed by atoms with Crippen molar-refractivity contribution in [1.82, 2.24) is 0 Å². The zero-order valence-corrected chi connectivity index (χ0v) is 12.3. The van der Waals surface area contributed by atoms with E-state index in [0.29, 0.717) is 0 Å². The molecule has 0 bridgehead atoms. The van der Waals surface area contributed by atoms with E-state index in [1.165, 1.54) is 16.0 Å². The average Bonchev–Trinajstić information content (AvgIpc) is 2.65. The van der Waals surface area contributed by atoms with Gasteiger partial charge >= 0.3 is 0 Å². The first-order chi connectivity index (χ1) is 8.22. The summed E-state index contributed by atoms with van der Waals surface area (Å²) in [6.07, 6.45) is 2.42. The third kappa shape index (κ3) is 1.50. The lowest BCUT2D eigenvalue weighted by Gasteiger charge is -2.25. The van der Waals surface area contributed by atoms with E-state index in [0.717, 1.165) is 10.2 Å². The molecule has 0 N–H and O–H groups in total. The molecule has 0 aliphatic heterocycles. The van der Waals surface area contributed by atoms with E-state index in [2.05, 4.69) is 67.6 Å². The first-order valence-corrected chi connectivity index (χ1v) is 7.07. The normalized spacial score (nSPS) is 22.3. The summed E-state index contributed by atoms with van der Waals surface area (Å²) in [5.41, 5.74) is 1.51. The Hall–Kier alpha value is -1.60. The number of fused-ring (bicyclic) bond motifs is 1. The van der Waals surface area contributed by atoms with Gasteiger partial charge in [-0.3, -0.25) is 0 Å². The highest BCUT2D eigenvalue weighted by Crippen LogP contribution is 2.33. The monoisotopic (exact) mass is 236 g/mol. The molecule has 0 spiro atoms. The lowest BCUT2D eigenvalue weighted by atomic mass is 9.83. The molecule has 17 heavy (non-hydrogen) atoms. The van der Waals surface area contributed by atoms with Gasteiger partial charge in [0, 0.05) is 15.7 Å². The van der Waals surface area contributed by atoms with E-state index in [1.807, 2.05) is 0 Å². The van der Waals surface area contributed by atoms with Crippen molar-refractivity contribution < 1.29 is 0 Å². The fourth-order valence-electron chi connectivity index (χ4n) is 2.75. The highest BCUT2D eigenvalue weighted by molar-refractivity contribution is 6.41. The molecule has 3 rings (SSSR count). The number of benzene rings is 2. The van der Waals surface area contributed by atoms with E-state index in [9.17, 15) is 0 Å². The Morgan fingerprint density at radius 2 is 1.53 bits per heavy atom. The summed E-state index contributed by atoms with van der Waals surface area (Å²) < 4.78 is 0. The van der Waals surface area contributed by atoms with Crippen molar-refractivity contribution in [2.45, 2.75) is 12.3 Å². The highest BCUT2D eigenvalue weighted by atomic mass is 28.1. The second kappa shape index (κ2) is 3.71. The maximum atomic E-state index is 2.42. The highest BCUT2D eigenvalue weighted by Gasteiger charge is 2.29. The molecule has 0 fully saturated rings. The Morgan fingerprint density at radius 3 is 2.24 bits per heavy atom. The summed E-state index contributed by atoms with van der Waals surface area (Å²) in [4.78, 5) is 0. The first-order valence-electron chi connectivity index (χ1n) is 6.07. The molecule has 0 saturated carbocycles. The van der Waals surface area contributed by atoms with Gasteiger partial charge in [-0.15, -0.1) is 0 Å². The van der Waals surface area contributed by atoms with Crippen molar-refractivity contribution in [2.24, 2.45) is 0 Å². The second-order valence-corrected chi connectivity index (χ2v) is 5.92. The van der Waals surface area contributed by atoms with Crippen molar-refractivity contribution in [1.29, 1.82) is 0 Å². The molecule has 0 aromatic heterocycles. The van der Waals surface area contributed by atoms with Crippen LogP contribution in [0.15, 0.2) is 54.6 Å². The predicted octanol–water partition coefficient (Wildman–Crippen LogP) is 0.912. The Labute approximate surface area is 105 Å².